The molecule has 208 valence electrons. The molecular weight excluding hydrogens is 498 g/mol. The minimum Gasteiger partial charge on any atom is -0.508 e. The summed E-state index contributed by atoms with van der Waals surface area (Å²) < 4.78 is 78.1. The monoisotopic (exact) mass is 534 g/mol. The van der Waals surface area contributed by atoms with Crippen molar-refractivity contribution in [2.75, 3.05) is 0 Å². The molecule has 0 spiro atoms. The summed E-state index contributed by atoms with van der Waals surface area (Å²) in [5.74, 6) is 0.476. The lowest BCUT2D eigenvalue weighted by Gasteiger charge is -2.60. The molecule has 1 aromatic rings. The summed E-state index contributed by atoms with van der Waals surface area (Å²) in [5, 5.41) is 30.5. The van der Waals surface area contributed by atoms with Crippen molar-refractivity contribution in [1.82, 2.24) is 0 Å². The molecule has 37 heavy (non-hydrogen) atoms. The highest BCUT2D eigenvalue weighted by Crippen LogP contribution is 2.69. The number of fused-ring (bicyclic) bond motifs is 5. The topological polar surface area (TPSA) is 60.7 Å². The Morgan fingerprint density at radius 1 is 1.05 bits per heavy atom. The summed E-state index contributed by atoms with van der Waals surface area (Å²) >= 11 is 0. The van der Waals surface area contributed by atoms with Crippen LogP contribution in [-0.2, 0) is 6.42 Å². The van der Waals surface area contributed by atoms with Crippen LogP contribution in [0.15, 0.2) is 30.9 Å². The van der Waals surface area contributed by atoms with Crippen LogP contribution < -0.4 is 0 Å². The second-order valence-electron chi connectivity index (χ2n) is 11.7. The van der Waals surface area contributed by atoms with Gasteiger partial charge in [0.15, 0.2) is 0 Å². The zero-order valence-electron chi connectivity index (χ0n) is 21.0. The first-order valence-corrected chi connectivity index (χ1v) is 13.1. The lowest BCUT2D eigenvalue weighted by Crippen LogP contribution is -2.56. The molecule has 1 unspecified atom stereocenters. The van der Waals surface area contributed by atoms with Crippen LogP contribution in [0.4, 0.5) is 26.3 Å². The van der Waals surface area contributed by atoms with Crippen molar-refractivity contribution >= 4 is 0 Å². The minimum absolute atomic E-state index is 0.0414. The number of alkyl halides is 6. The Bertz CT molecular complexity index is 991. The number of hydrogen-bond donors (Lipinski definition) is 3. The van der Waals surface area contributed by atoms with Crippen molar-refractivity contribution in [2.45, 2.75) is 101 Å². The summed E-state index contributed by atoms with van der Waals surface area (Å²) in [4.78, 5) is 0. The van der Waals surface area contributed by atoms with Crippen molar-refractivity contribution in [3.05, 3.63) is 42.0 Å². The Kier molecular flexibility index (Phi) is 7.24. The van der Waals surface area contributed by atoms with Gasteiger partial charge in [-0.3, -0.25) is 0 Å². The van der Waals surface area contributed by atoms with Gasteiger partial charge in [0.1, 0.15) is 5.75 Å². The number of allylic oxidation sites excluding steroid dienone is 1. The molecule has 0 amide bonds. The molecule has 1 aromatic carbocycles. The molecule has 9 heteroatoms. The van der Waals surface area contributed by atoms with E-state index < -0.39 is 36.9 Å². The number of aryl methyl sites for hydroxylation is 1. The summed E-state index contributed by atoms with van der Waals surface area (Å²) in [5.41, 5.74) is -3.18. The quantitative estimate of drug-likeness (QED) is 0.197. The maximum atomic E-state index is 13.0. The zero-order chi connectivity index (χ0) is 27.4. The van der Waals surface area contributed by atoms with Gasteiger partial charge in [0, 0.05) is 0 Å². The predicted octanol–water partition coefficient (Wildman–Crippen LogP) is 7.20. The smallest absolute Gasteiger partial charge is 0.426 e. The number of rotatable bonds is 7. The van der Waals surface area contributed by atoms with E-state index in [9.17, 15) is 41.7 Å². The van der Waals surface area contributed by atoms with Gasteiger partial charge in [-0.2, -0.15) is 26.3 Å². The second-order valence-corrected chi connectivity index (χ2v) is 11.7. The first-order valence-electron chi connectivity index (χ1n) is 13.1. The molecular formula is C28H36F6O3. The average molecular weight is 535 g/mol. The molecule has 4 rings (SSSR count). The van der Waals surface area contributed by atoms with Gasteiger partial charge in [0.05, 0.1) is 6.10 Å². The van der Waals surface area contributed by atoms with E-state index >= 15 is 0 Å². The van der Waals surface area contributed by atoms with Crippen LogP contribution in [0.25, 0.3) is 0 Å². The Labute approximate surface area is 213 Å². The van der Waals surface area contributed by atoms with E-state index in [1.807, 2.05) is 12.1 Å². The van der Waals surface area contributed by atoms with Gasteiger partial charge >= 0.3 is 12.4 Å². The van der Waals surface area contributed by atoms with Gasteiger partial charge in [-0.15, -0.1) is 6.58 Å². The van der Waals surface area contributed by atoms with E-state index in [1.165, 1.54) is 0 Å². The minimum atomic E-state index is -5.79. The Morgan fingerprint density at radius 2 is 1.73 bits per heavy atom. The van der Waals surface area contributed by atoms with E-state index in [-0.39, 0.29) is 40.8 Å². The maximum Gasteiger partial charge on any atom is 0.426 e. The Hall–Kier alpha value is -1.74. The fourth-order valence-corrected chi connectivity index (χ4v) is 8.10. The zero-order valence-corrected chi connectivity index (χ0v) is 21.0. The van der Waals surface area contributed by atoms with Gasteiger partial charge in [-0.1, -0.05) is 31.9 Å². The molecule has 0 heterocycles. The number of unbranched alkanes of at least 4 members (excludes halogenated alkanes) is 2. The fourth-order valence-electron chi connectivity index (χ4n) is 8.10. The molecule has 3 aliphatic carbocycles. The van der Waals surface area contributed by atoms with Crippen LogP contribution in [0.3, 0.4) is 0 Å². The SMILES string of the molecule is C=CC12CCc3cc(O)ccc3[C@H]1[C@@H](CCCCCC(O)(C(F)(F)F)C(F)(F)F)C[C@]1(C)[C@@H](O)CC[C@@H]21. The maximum absolute atomic E-state index is 13.0. The van der Waals surface area contributed by atoms with Crippen LogP contribution in [0.2, 0.25) is 0 Å². The van der Waals surface area contributed by atoms with E-state index in [0.717, 1.165) is 30.4 Å². The molecule has 3 N–H and O–H groups in total. The predicted molar refractivity (Wildman–Crippen MR) is 127 cm³/mol. The molecule has 3 nitrogen and oxygen atoms in total. The van der Waals surface area contributed by atoms with Crippen LogP contribution in [-0.4, -0.2) is 39.4 Å². The average Bonchev–Trinajstić information content (AvgIpc) is 3.11. The summed E-state index contributed by atoms with van der Waals surface area (Å²) in [6, 6.07) is 5.35. The third kappa shape index (κ3) is 4.48. The van der Waals surface area contributed by atoms with Crippen molar-refractivity contribution in [2.24, 2.45) is 22.7 Å². The van der Waals surface area contributed by atoms with Gasteiger partial charge in [-0.05, 0) is 103 Å². The number of hydrogen-bond acceptors (Lipinski definition) is 3. The molecule has 0 aliphatic heterocycles. The van der Waals surface area contributed by atoms with Crippen LogP contribution in [0, 0.1) is 22.7 Å². The molecule has 0 aromatic heterocycles. The van der Waals surface area contributed by atoms with Crippen molar-refractivity contribution < 1.29 is 41.7 Å². The number of phenols is 1. The lowest BCUT2D eigenvalue weighted by molar-refractivity contribution is -0.370. The molecule has 0 radical (unpaired) electrons. The Balaban J connectivity index is 1.56. The number of benzene rings is 1. The Morgan fingerprint density at radius 3 is 2.35 bits per heavy atom. The van der Waals surface area contributed by atoms with Crippen LogP contribution >= 0.6 is 0 Å². The van der Waals surface area contributed by atoms with E-state index in [1.54, 1.807) is 12.1 Å². The molecule has 3 aliphatic rings. The number of halogens is 6. The number of aliphatic hydroxyl groups excluding tert-OH is 1. The van der Waals surface area contributed by atoms with Crippen molar-refractivity contribution in [3.8, 4) is 5.75 Å². The number of phenolic OH excluding ortho intramolecular Hbond substituents is 1. The van der Waals surface area contributed by atoms with Gasteiger partial charge in [0.2, 0.25) is 0 Å². The third-order valence-electron chi connectivity index (χ3n) is 9.91. The molecule has 2 saturated carbocycles. The van der Waals surface area contributed by atoms with E-state index in [0.29, 0.717) is 25.7 Å². The van der Waals surface area contributed by atoms with Crippen molar-refractivity contribution in [3.63, 3.8) is 0 Å². The molecule has 0 saturated heterocycles. The number of aromatic hydroxyl groups is 1. The fraction of sp³-hybridized carbons (Fsp3) is 0.714. The van der Waals surface area contributed by atoms with Crippen LogP contribution in [0.1, 0.15) is 81.8 Å². The third-order valence-corrected chi connectivity index (χ3v) is 9.91. The lowest BCUT2D eigenvalue weighted by atomic mass is 9.44. The van der Waals surface area contributed by atoms with E-state index in [4.69, 9.17) is 0 Å². The van der Waals surface area contributed by atoms with Gasteiger partial charge in [-0.25, -0.2) is 0 Å². The molecule has 6 atom stereocenters. The highest BCUT2D eigenvalue weighted by molar-refractivity contribution is 5.43. The second kappa shape index (κ2) is 9.47. The molecule has 0 bridgehead atoms. The van der Waals surface area contributed by atoms with Gasteiger partial charge in [0.25, 0.3) is 5.60 Å². The summed E-state index contributed by atoms with van der Waals surface area (Å²) in [7, 11) is 0. The summed E-state index contributed by atoms with van der Waals surface area (Å²) in [6.07, 6.45) is -6.96. The molecule has 2 fully saturated rings. The standard InChI is InChI=1S/C28H36F6O3/c1-3-25-14-12-17-15-19(35)8-9-20(17)23(25)18(16-24(2)21(25)10-11-22(24)36)7-5-4-6-13-26(37,27(29,30)31)28(32,33)34/h3,8-9,15,18,21-23,35-37H,1,4-7,10-14,16H2,2H3/t18-,21+,22-,23+,24-,25?/m0/s1. The van der Waals surface area contributed by atoms with Crippen LogP contribution in [0.5, 0.6) is 5.75 Å². The largest absolute Gasteiger partial charge is 0.508 e. The highest BCUT2D eigenvalue weighted by Gasteiger charge is 2.69. The van der Waals surface area contributed by atoms with Gasteiger partial charge < -0.3 is 15.3 Å². The van der Waals surface area contributed by atoms with Crippen molar-refractivity contribution in [1.29, 1.82) is 0 Å². The normalized spacial score (nSPS) is 34.0. The summed E-state index contributed by atoms with van der Waals surface area (Å²) in [6.45, 7) is 6.31. The number of aliphatic hydroxyl groups is 2. The first kappa shape index (κ1) is 28.3. The van der Waals surface area contributed by atoms with E-state index in [2.05, 4.69) is 13.5 Å². The first-order chi connectivity index (χ1) is 17.1. The highest BCUT2D eigenvalue weighted by atomic mass is 19.4.